The lowest BCUT2D eigenvalue weighted by Gasteiger charge is -2.10. The number of aromatic nitrogens is 4. The highest BCUT2D eigenvalue weighted by Gasteiger charge is 2.31. The average molecular weight is 400 g/mol. The molecule has 0 unspecified atom stereocenters. The van der Waals surface area contributed by atoms with Gasteiger partial charge in [0.1, 0.15) is 5.56 Å². The summed E-state index contributed by atoms with van der Waals surface area (Å²) in [6, 6.07) is 0.123. The molecular formula is C13H16N6O7S. The Bertz CT molecular complexity index is 979. The van der Waals surface area contributed by atoms with Crippen LogP contribution < -0.4 is 19.5 Å². The van der Waals surface area contributed by atoms with Crippen LogP contribution in [0.3, 0.4) is 0 Å². The maximum atomic E-state index is 12.5. The van der Waals surface area contributed by atoms with Gasteiger partial charge in [-0.3, -0.25) is 10.00 Å². The number of hydrogen-bond acceptors (Lipinski definition) is 9. The largest absolute Gasteiger partial charge is 0.481 e. The van der Waals surface area contributed by atoms with Gasteiger partial charge in [-0.2, -0.15) is 23.5 Å². The van der Waals surface area contributed by atoms with Crippen LogP contribution in [0, 0.1) is 6.92 Å². The van der Waals surface area contributed by atoms with Crippen LogP contribution in [0.5, 0.6) is 11.8 Å². The van der Waals surface area contributed by atoms with Crippen LogP contribution in [0.1, 0.15) is 16.1 Å². The molecule has 2 heterocycles. The number of anilines is 1. The molecule has 0 bridgehead atoms. The van der Waals surface area contributed by atoms with Crippen LogP contribution in [-0.2, 0) is 17.1 Å². The summed E-state index contributed by atoms with van der Waals surface area (Å²) in [4.78, 5) is 31.0. The minimum Gasteiger partial charge on any atom is -0.481 e. The van der Waals surface area contributed by atoms with Crippen molar-refractivity contribution in [3.63, 3.8) is 0 Å². The lowest BCUT2D eigenvalue weighted by Crippen LogP contribution is -2.36. The van der Waals surface area contributed by atoms with E-state index in [9.17, 15) is 23.1 Å². The average Bonchev–Trinajstić information content (AvgIpc) is 2.88. The fraction of sp³-hybridized carbons (Fsp3) is 0.308. The zero-order valence-corrected chi connectivity index (χ0v) is 15.5. The molecule has 0 aromatic carbocycles. The Kier molecular flexibility index (Phi) is 5.49. The maximum absolute atomic E-state index is 12.5. The predicted molar refractivity (Wildman–Crippen MR) is 89.4 cm³/mol. The molecule has 0 radical (unpaired) electrons. The number of carboxylic acid groups (broad SMARTS) is 1. The topological polar surface area (TPSA) is 175 Å². The monoisotopic (exact) mass is 400 g/mol. The van der Waals surface area contributed by atoms with Gasteiger partial charge in [-0.25, -0.2) is 14.3 Å². The second-order valence-corrected chi connectivity index (χ2v) is 6.63. The zero-order chi connectivity index (χ0) is 20.4. The van der Waals surface area contributed by atoms with E-state index >= 15 is 0 Å². The first-order chi connectivity index (χ1) is 12.6. The van der Waals surface area contributed by atoms with Gasteiger partial charge >= 0.3 is 12.0 Å². The predicted octanol–water partition coefficient (Wildman–Crippen LogP) is -0.256. The molecule has 2 aromatic heterocycles. The second kappa shape index (κ2) is 7.45. The Morgan fingerprint density at radius 1 is 1.19 bits per heavy atom. The van der Waals surface area contributed by atoms with Crippen molar-refractivity contribution < 1.29 is 32.6 Å². The van der Waals surface area contributed by atoms with Crippen molar-refractivity contribution in [1.82, 2.24) is 24.5 Å². The van der Waals surface area contributed by atoms with Gasteiger partial charge in [-0.05, 0) is 6.92 Å². The van der Waals surface area contributed by atoms with Crippen molar-refractivity contribution >= 4 is 28.0 Å². The number of rotatable bonds is 6. The minimum absolute atomic E-state index is 0.0216. The summed E-state index contributed by atoms with van der Waals surface area (Å²) in [7, 11) is -0.664. The van der Waals surface area contributed by atoms with Gasteiger partial charge in [-0.15, -0.1) is 0 Å². The molecule has 2 aromatic rings. The lowest BCUT2D eigenvalue weighted by molar-refractivity contribution is 0.0691. The van der Waals surface area contributed by atoms with Crippen molar-refractivity contribution in [1.29, 1.82) is 0 Å². The third kappa shape index (κ3) is 4.22. The number of nitrogens with zero attached hydrogens (tertiary/aromatic N) is 4. The molecule has 0 saturated carbocycles. The quantitative estimate of drug-likeness (QED) is 0.586. The summed E-state index contributed by atoms with van der Waals surface area (Å²) in [6.45, 7) is 1.33. The Labute approximate surface area is 153 Å². The summed E-state index contributed by atoms with van der Waals surface area (Å²) in [5.74, 6) is -1.66. The number of methoxy groups -OCH3 is 2. The zero-order valence-electron chi connectivity index (χ0n) is 14.7. The van der Waals surface area contributed by atoms with E-state index in [4.69, 9.17) is 9.47 Å². The van der Waals surface area contributed by atoms with Crippen molar-refractivity contribution in [2.75, 3.05) is 19.5 Å². The Morgan fingerprint density at radius 3 is 2.22 bits per heavy atom. The highest BCUT2D eigenvalue weighted by atomic mass is 32.2. The van der Waals surface area contributed by atoms with E-state index in [-0.39, 0.29) is 23.4 Å². The van der Waals surface area contributed by atoms with Crippen LogP contribution in [0.2, 0.25) is 0 Å². The van der Waals surface area contributed by atoms with E-state index in [1.54, 1.807) is 4.72 Å². The number of sulfonamides is 1. The second-order valence-electron chi connectivity index (χ2n) is 5.03. The Hall–Kier alpha value is -3.42. The molecule has 2 amide bonds. The van der Waals surface area contributed by atoms with E-state index in [0.717, 1.165) is 4.68 Å². The molecule has 27 heavy (non-hydrogen) atoms. The number of aryl methyl sites for hydroxylation is 2. The number of aromatic carboxylic acids is 1. The Morgan fingerprint density at radius 2 is 1.74 bits per heavy atom. The first-order valence-electron chi connectivity index (χ1n) is 7.16. The first-order valence-corrected chi connectivity index (χ1v) is 8.65. The fourth-order valence-electron chi connectivity index (χ4n) is 2.16. The molecule has 0 aliphatic carbocycles. The summed E-state index contributed by atoms with van der Waals surface area (Å²) in [5, 5.41) is 14.4. The van der Waals surface area contributed by atoms with Crippen molar-refractivity contribution in [3.8, 4) is 11.8 Å². The van der Waals surface area contributed by atoms with E-state index in [1.165, 1.54) is 34.3 Å². The van der Waals surface area contributed by atoms with Gasteiger partial charge in [0.05, 0.1) is 26.0 Å². The normalized spacial score (nSPS) is 11.0. The number of carbonyl (C=O) groups is 2. The number of urea groups is 1. The number of ether oxygens (including phenoxy) is 2. The maximum Gasteiger partial charge on any atom is 0.340 e. The van der Waals surface area contributed by atoms with Gasteiger partial charge in [0.15, 0.2) is 5.03 Å². The number of hydrogen-bond donors (Lipinski definition) is 3. The molecule has 2 rings (SSSR count). The van der Waals surface area contributed by atoms with Gasteiger partial charge < -0.3 is 14.6 Å². The SMILES string of the molecule is COc1cc(OC)nc(NC(=O)NS(=O)(=O)c2c(C(=O)O)c(C)nn2C)n1. The molecule has 0 saturated heterocycles. The van der Waals surface area contributed by atoms with Crippen molar-refractivity contribution in [3.05, 3.63) is 17.3 Å². The third-order valence-electron chi connectivity index (χ3n) is 3.19. The number of amides is 2. The standard InChI is InChI=1S/C13H16N6O7S/c1-6-9(11(20)21)10(19(2)17-6)27(23,24)18-13(22)16-12-14-7(25-3)5-8(15-12)26-4/h5H,1-4H3,(H,20,21)(H2,14,15,16,18,22). The molecule has 3 N–H and O–H groups in total. The summed E-state index contributed by atoms with van der Waals surface area (Å²) in [5.41, 5.74) is -0.566. The third-order valence-corrected chi connectivity index (χ3v) is 4.62. The molecule has 0 fully saturated rings. The van der Waals surface area contributed by atoms with E-state index < -0.39 is 32.6 Å². The summed E-state index contributed by atoms with van der Waals surface area (Å²) >= 11 is 0. The van der Waals surface area contributed by atoms with E-state index in [2.05, 4.69) is 20.4 Å². The number of nitrogens with one attached hydrogen (secondary N) is 2. The fourth-order valence-corrected chi connectivity index (χ4v) is 3.44. The Balaban J connectivity index is 2.30. The molecule has 0 atom stereocenters. The summed E-state index contributed by atoms with van der Waals surface area (Å²) < 4.78 is 37.3. The molecule has 0 aliphatic heterocycles. The molecule has 14 heteroatoms. The van der Waals surface area contributed by atoms with Crippen molar-refractivity contribution in [2.24, 2.45) is 7.05 Å². The first kappa shape index (κ1) is 19.9. The molecule has 13 nitrogen and oxygen atoms in total. The van der Waals surface area contributed by atoms with Crippen LogP contribution in [0.4, 0.5) is 10.7 Å². The van der Waals surface area contributed by atoms with Gasteiger partial charge in [0, 0.05) is 7.05 Å². The van der Waals surface area contributed by atoms with Gasteiger partial charge in [0.25, 0.3) is 10.0 Å². The molecule has 0 spiro atoms. The van der Waals surface area contributed by atoms with Crippen molar-refractivity contribution in [2.45, 2.75) is 11.9 Å². The van der Waals surface area contributed by atoms with Crippen LogP contribution in [0.25, 0.3) is 0 Å². The number of carbonyl (C=O) groups excluding carboxylic acids is 1. The molecule has 0 aliphatic rings. The number of carboxylic acids is 1. The molecular weight excluding hydrogens is 384 g/mol. The van der Waals surface area contributed by atoms with E-state index in [0.29, 0.717) is 0 Å². The highest BCUT2D eigenvalue weighted by Crippen LogP contribution is 2.19. The highest BCUT2D eigenvalue weighted by molar-refractivity contribution is 7.90. The minimum atomic E-state index is -4.56. The smallest absolute Gasteiger partial charge is 0.340 e. The van der Waals surface area contributed by atoms with Gasteiger partial charge in [-0.1, -0.05) is 0 Å². The van der Waals surface area contributed by atoms with Crippen LogP contribution >= 0.6 is 0 Å². The van der Waals surface area contributed by atoms with Gasteiger partial charge in [0.2, 0.25) is 17.7 Å². The summed E-state index contributed by atoms with van der Waals surface area (Å²) in [6.07, 6.45) is 0. The lowest BCUT2D eigenvalue weighted by atomic mass is 10.3. The molecule has 146 valence electrons. The van der Waals surface area contributed by atoms with Crippen LogP contribution in [0.15, 0.2) is 11.1 Å². The van der Waals surface area contributed by atoms with E-state index in [1.807, 2.05) is 0 Å². The van der Waals surface area contributed by atoms with Crippen LogP contribution in [-0.4, -0.2) is 59.5 Å².